The lowest BCUT2D eigenvalue weighted by Crippen LogP contribution is -2.43. The molecule has 3 N–H and O–H groups in total. The van der Waals surface area contributed by atoms with E-state index in [1.165, 1.54) is 0 Å². The van der Waals surface area contributed by atoms with Crippen LogP contribution in [-0.4, -0.2) is 34.4 Å². The van der Waals surface area contributed by atoms with E-state index in [0.29, 0.717) is 17.7 Å². The number of hydrogen-bond donors (Lipinski definition) is 3. The molecule has 0 aliphatic carbocycles. The number of anilines is 3. The Morgan fingerprint density at radius 2 is 2.03 bits per heavy atom. The van der Waals surface area contributed by atoms with Gasteiger partial charge in [0, 0.05) is 24.7 Å². The Hall–Kier alpha value is -3.16. The number of benzene rings is 1. The summed E-state index contributed by atoms with van der Waals surface area (Å²) in [6, 6.07) is 5.93. The van der Waals surface area contributed by atoms with E-state index in [1.54, 1.807) is 0 Å². The van der Waals surface area contributed by atoms with Crippen LogP contribution in [0.1, 0.15) is 61.6 Å². The van der Waals surface area contributed by atoms with Crippen LogP contribution in [0.3, 0.4) is 0 Å². The van der Waals surface area contributed by atoms with Crippen molar-refractivity contribution in [3.8, 4) is 0 Å². The topological polar surface area (TPSA) is 107 Å². The number of piperidine rings is 1. The minimum atomic E-state index is -0.890. The van der Waals surface area contributed by atoms with Crippen LogP contribution >= 0.6 is 0 Å². The Bertz CT molecular complexity index is 1080. The van der Waals surface area contributed by atoms with Crippen molar-refractivity contribution in [3.05, 3.63) is 45.2 Å². The molecule has 1 saturated heterocycles. The SMILES string of the molecule is CC[C@@H]1CCCCN1c1nc2c(c(=O)[nH]1)[C@@H](C(=O)Nc1ccc(C)c(C)c1)CC(=O)N2. The lowest BCUT2D eigenvalue weighted by Gasteiger charge is -2.36. The largest absolute Gasteiger partial charge is 0.339 e. The normalized spacial score (nSPS) is 20.7. The number of nitrogens with zero attached hydrogens (tertiary/aromatic N) is 2. The van der Waals surface area contributed by atoms with Gasteiger partial charge in [0.25, 0.3) is 5.56 Å². The highest BCUT2D eigenvalue weighted by molar-refractivity contribution is 6.04. The van der Waals surface area contributed by atoms with Crippen molar-refractivity contribution in [2.75, 3.05) is 22.1 Å². The summed E-state index contributed by atoms with van der Waals surface area (Å²) in [5, 5.41) is 5.55. The molecule has 0 bridgehead atoms. The van der Waals surface area contributed by atoms with Crippen molar-refractivity contribution in [2.24, 2.45) is 0 Å². The summed E-state index contributed by atoms with van der Waals surface area (Å²) in [6.07, 6.45) is 4.10. The minimum Gasteiger partial charge on any atom is -0.339 e. The van der Waals surface area contributed by atoms with E-state index >= 15 is 0 Å². The highest BCUT2D eigenvalue weighted by Crippen LogP contribution is 2.32. The Morgan fingerprint density at radius 1 is 1.23 bits per heavy atom. The average molecular weight is 424 g/mol. The minimum absolute atomic E-state index is 0.0882. The van der Waals surface area contributed by atoms with E-state index < -0.39 is 5.92 Å². The molecule has 1 aromatic carbocycles. The van der Waals surface area contributed by atoms with Crippen LogP contribution in [-0.2, 0) is 9.59 Å². The maximum absolute atomic E-state index is 13.0. The monoisotopic (exact) mass is 423 g/mol. The molecule has 1 aromatic heterocycles. The third-order valence-electron chi connectivity index (χ3n) is 6.40. The molecule has 2 aliphatic rings. The van der Waals surface area contributed by atoms with Crippen molar-refractivity contribution in [2.45, 2.75) is 64.8 Å². The molecule has 2 amide bonds. The fourth-order valence-electron chi connectivity index (χ4n) is 4.47. The number of fused-ring (bicyclic) bond motifs is 1. The molecule has 3 heterocycles. The fourth-order valence-corrected chi connectivity index (χ4v) is 4.47. The summed E-state index contributed by atoms with van der Waals surface area (Å²) >= 11 is 0. The van der Waals surface area contributed by atoms with Crippen molar-refractivity contribution in [3.63, 3.8) is 0 Å². The number of H-pyrrole nitrogens is 1. The van der Waals surface area contributed by atoms with Crippen LogP contribution in [0.2, 0.25) is 0 Å². The molecule has 31 heavy (non-hydrogen) atoms. The van der Waals surface area contributed by atoms with Gasteiger partial charge in [-0.2, -0.15) is 4.98 Å². The molecule has 2 atom stereocenters. The van der Waals surface area contributed by atoms with Gasteiger partial charge in [0.15, 0.2) is 0 Å². The molecular formula is C23H29N5O3. The van der Waals surface area contributed by atoms with E-state index in [0.717, 1.165) is 43.4 Å². The van der Waals surface area contributed by atoms with Gasteiger partial charge in [-0.05, 0) is 62.8 Å². The molecule has 2 aliphatic heterocycles. The average Bonchev–Trinajstić information content (AvgIpc) is 2.75. The zero-order valence-electron chi connectivity index (χ0n) is 18.2. The summed E-state index contributed by atoms with van der Waals surface area (Å²) in [4.78, 5) is 48.0. The first kappa shape index (κ1) is 21.1. The molecule has 8 heteroatoms. The highest BCUT2D eigenvalue weighted by Gasteiger charge is 2.35. The fraction of sp³-hybridized carbons (Fsp3) is 0.478. The molecule has 0 spiro atoms. The number of amides is 2. The molecule has 164 valence electrons. The van der Waals surface area contributed by atoms with Gasteiger partial charge in [-0.25, -0.2) is 0 Å². The molecule has 0 saturated carbocycles. The van der Waals surface area contributed by atoms with Crippen LogP contribution in [0.4, 0.5) is 17.5 Å². The Labute approximate surface area is 181 Å². The number of hydrogen-bond acceptors (Lipinski definition) is 5. The maximum atomic E-state index is 13.0. The zero-order chi connectivity index (χ0) is 22.1. The Morgan fingerprint density at radius 3 is 2.77 bits per heavy atom. The zero-order valence-corrected chi connectivity index (χ0v) is 18.2. The molecule has 1 fully saturated rings. The number of aryl methyl sites for hydroxylation is 2. The van der Waals surface area contributed by atoms with Crippen LogP contribution in [0.25, 0.3) is 0 Å². The maximum Gasteiger partial charge on any atom is 0.258 e. The smallest absolute Gasteiger partial charge is 0.258 e. The standard InChI is InChI=1S/C23H29N5O3/c1-4-16-7-5-6-10-28(16)23-26-20-19(22(31)27-23)17(12-18(29)25-20)21(30)24-15-9-8-13(2)14(3)11-15/h8-9,11,16-17H,4-7,10,12H2,1-3H3,(H,24,30)(H2,25,26,27,29,31)/t16-,17+/m1/s1. The summed E-state index contributed by atoms with van der Waals surface area (Å²) in [5.74, 6) is -0.938. The predicted octanol–water partition coefficient (Wildman–Crippen LogP) is 3.22. The van der Waals surface area contributed by atoms with E-state index in [1.807, 2.05) is 32.0 Å². The quantitative estimate of drug-likeness (QED) is 0.700. The lowest BCUT2D eigenvalue weighted by molar-refractivity contribution is -0.123. The van der Waals surface area contributed by atoms with E-state index in [2.05, 4.69) is 32.4 Å². The van der Waals surface area contributed by atoms with E-state index in [9.17, 15) is 14.4 Å². The third kappa shape index (κ3) is 4.19. The van der Waals surface area contributed by atoms with Crippen LogP contribution in [0.15, 0.2) is 23.0 Å². The van der Waals surface area contributed by atoms with Gasteiger partial charge < -0.3 is 15.5 Å². The van der Waals surface area contributed by atoms with Crippen LogP contribution in [0, 0.1) is 13.8 Å². The number of aromatic amines is 1. The molecule has 8 nitrogen and oxygen atoms in total. The first-order valence-electron chi connectivity index (χ1n) is 11.0. The summed E-state index contributed by atoms with van der Waals surface area (Å²) in [7, 11) is 0. The highest BCUT2D eigenvalue weighted by atomic mass is 16.2. The summed E-state index contributed by atoms with van der Waals surface area (Å²) in [6.45, 7) is 6.89. The van der Waals surface area contributed by atoms with E-state index in [4.69, 9.17) is 0 Å². The number of carbonyl (C=O) groups excluding carboxylic acids is 2. The molecular weight excluding hydrogens is 394 g/mol. The van der Waals surface area contributed by atoms with Crippen LogP contribution in [0.5, 0.6) is 0 Å². The molecule has 2 aromatic rings. The van der Waals surface area contributed by atoms with Crippen molar-refractivity contribution >= 4 is 29.3 Å². The second-order valence-corrected chi connectivity index (χ2v) is 8.50. The lowest BCUT2D eigenvalue weighted by atomic mass is 9.92. The number of carbonyl (C=O) groups is 2. The molecule has 4 rings (SSSR count). The molecule has 0 radical (unpaired) electrons. The van der Waals surface area contributed by atoms with Gasteiger partial charge in [-0.1, -0.05) is 13.0 Å². The summed E-state index contributed by atoms with van der Waals surface area (Å²) < 4.78 is 0. The Kier molecular flexibility index (Phi) is 5.80. The van der Waals surface area contributed by atoms with Gasteiger partial charge in [-0.3, -0.25) is 19.4 Å². The number of aromatic nitrogens is 2. The van der Waals surface area contributed by atoms with Gasteiger partial charge in [0.05, 0.1) is 11.5 Å². The predicted molar refractivity (Wildman–Crippen MR) is 121 cm³/mol. The van der Waals surface area contributed by atoms with Gasteiger partial charge in [0.1, 0.15) is 5.82 Å². The van der Waals surface area contributed by atoms with Crippen LogP contribution < -0.4 is 21.1 Å². The second-order valence-electron chi connectivity index (χ2n) is 8.50. The number of rotatable bonds is 4. The van der Waals surface area contributed by atoms with Gasteiger partial charge in [0.2, 0.25) is 17.8 Å². The van der Waals surface area contributed by atoms with Crippen molar-refractivity contribution < 1.29 is 9.59 Å². The third-order valence-corrected chi connectivity index (χ3v) is 6.40. The second kappa shape index (κ2) is 8.53. The van der Waals surface area contributed by atoms with Gasteiger partial charge in [-0.15, -0.1) is 0 Å². The van der Waals surface area contributed by atoms with E-state index in [-0.39, 0.29) is 35.2 Å². The van der Waals surface area contributed by atoms with Crippen molar-refractivity contribution in [1.82, 2.24) is 9.97 Å². The molecule has 0 unspecified atom stereocenters. The van der Waals surface area contributed by atoms with Crippen molar-refractivity contribution in [1.29, 1.82) is 0 Å². The first-order chi connectivity index (χ1) is 14.9. The summed E-state index contributed by atoms with van der Waals surface area (Å²) in [5.41, 5.74) is 2.66. The number of nitrogens with one attached hydrogen (secondary N) is 3. The van der Waals surface area contributed by atoms with Gasteiger partial charge >= 0.3 is 0 Å². The Balaban J connectivity index is 1.65. The first-order valence-corrected chi connectivity index (χ1v) is 11.0.